The maximum Gasteiger partial charge on any atom is 0.224 e. The molecule has 0 heterocycles. The molecule has 0 bridgehead atoms. The van der Waals surface area contributed by atoms with Crippen LogP contribution < -0.4 is 15.4 Å². The molecule has 0 aliphatic rings. The first-order valence-corrected chi connectivity index (χ1v) is 7.14. The summed E-state index contributed by atoms with van der Waals surface area (Å²) in [4.78, 5) is 11.8. The molecule has 0 saturated heterocycles. The van der Waals surface area contributed by atoms with Crippen molar-refractivity contribution in [3.63, 3.8) is 0 Å². The number of halogens is 1. The Hall–Kier alpha value is -1.26. The zero-order valence-electron chi connectivity index (χ0n) is 13.3. The van der Waals surface area contributed by atoms with E-state index in [0.29, 0.717) is 19.0 Å². The highest BCUT2D eigenvalue weighted by Gasteiger charge is 2.12. The second-order valence-corrected chi connectivity index (χ2v) is 5.21. The molecule has 2 N–H and O–H groups in total. The van der Waals surface area contributed by atoms with E-state index in [4.69, 9.17) is 4.74 Å². The zero-order valence-corrected chi connectivity index (χ0v) is 14.1. The van der Waals surface area contributed by atoms with Crippen LogP contribution in [0.3, 0.4) is 0 Å². The highest BCUT2D eigenvalue weighted by molar-refractivity contribution is 5.85. The number of nitrogens with one attached hydrogen (secondary N) is 2. The fourth-order valence-corrected chi connectivity index (χ4v) is 2.08. The predicted octanol–water partition coefficient (Wildman–Crippen LogP) is 2.58. The highest BCUT2D eigenvalue weighted by Crippen LogP contribution is 2.21. The molecule has 0 aliphatic carbocycles. The van der Waals surface area contributed by atoms with E-state index >= 15 is 0 Å². The van der Waals surface area contributed by atoms with Gasteiger partial charge in [-0.15, -0.1) is 12.4 Å². The average molecular weight is 315 g/mol. The largest absolute Gasteiger partial charge is 0.497 e. The zero-order chi connectivity index (χ0) is 15.0. The van der Waals surface area contributed by atoms with Gasteiger partial charge in [0.2, 0.25) is 5.91 Å². The Kier molecular flexibility index (Phi) is 9.84. The second-order valence-electron chi connectivity index (χ2n) is 5.21. The Balaban J connectivity index is 0.00000400. The standard InChI is InChI=1S/C16H26N2O2.ClH/c1-12(14-5-7-15(20-4)8-6-14)9-10-18-16(19)13(2)11-17-3;/h5-8,12-13,17H,9-11H2,1-4H3,(H,18,19);1H. The molecule has 1 aromatic rings. The van der Waals surface area contributed by atoms with Crippen molar-refractivity contribution >= 4 is 18.3 Å². The van der Waals surface area contributed by atoms with E-state index < -0.39 is 0 Å². The van der Waals surface area contributed by atoms with Gasteiger partial charge in [0.25, 0.3) is 0 Å². The molecule has 120 valence electrons. The molecular formula is C16H27ClN2O2. The number of carbonyl (C=O) groups is 1. The van der Waals surface area contributed by atoms with Gasteiger partial charge in [-0.05, 0) is 37.1 Å². The lowest BCUT2D eigenvalue weighted by atomic mass is 9.97. The topological polar surface area (TPSA) is 50.4 Å². The lowest BCUT2D eigenvalue weighted by Crippen LogP contribution is -2.35. The summed E-state index contributed by atoms with van der Waals surface area (Å²) in [5, 5.41) is 6.00. The van der Waals surface area contributed by atoms with Crippen LogP contribution >= 0.6 is 12.4 Å². The van der Waals surface area contributed by atoms with Gasteiger partial charge in [-0.1, -0.05) is 26.0 Å². The Labute approximate surface area is 134 Å². The number of hydrogen-bond donors (Lipinski definition) is 2. The minimum Gasteiger partial charge on any atom is -0.497 e. The first kappa shape index (κ1) is 19.7. The van der Waals surface area contributed by atoms with Crippen LogP contribution in [-0.2, 0) is 4.79 Å². The predicted molar refractivity (Wildman–Crippen MR) is 89.4 cm³/mol. The maximum absolute atomic E-state index is 11.8. The lowest BCUT2D eigenvalue weighted by Gasteiger charge is -2.15. The van der Waals surface area contributed by atoms with E-state index in [0.717, 1.165) is 12.2 Å². The minimum atomic E-state index is 0. The summed E-state index contributed by atoms with van der Waals surface area (Å²) >= 11 is 0. The maximum atomic E-state index is 11.8. The van der Waals surface area contributed by atoms with Crippen LogP contribution in [0, 0.1) is 5.92 Å². The first-order valence-electron chi connectivity index (χ1n) is 7.14. The fraction of sp³-hybridized carbons (Fsp3) is 0.562. The summed E-state index contributed by atoms with van der Waals surface area (Å²) in [6.45, 7) is 5.52. The normalized spacial score (nSPS) is 13.0. The van der Waals surface area contributed by atoms with Crippen LogP contribution in [0.5, 0.6) is 5.75 Å². The number of ether oxygens (including phenoxy) is 1. The average Bonchev–Trinajstić information content (AvgIpc) is 2.47. The second kappa shape index (κ2) is 10.5. The van der Waals surface area contributed by atoms with Crippen molar-refractivity contribution in [2.24, 2.45) is 5.92 Å². The summed E-state index contributed by atoms with van der Waals surface area (Å²) in [7, 11) is 3.52. The summed E-state index contributed by atoms with van der Waals surface area (Å²) < 4.78 is 5.15. The van der Waals surface area contributed by atoms with Crippen molar-refractivity contribution in [3.8, 4) is 5.75 Å². The van der Waals surface area contributed by atoms with Crippen LogP contribution in [0.25, 0.3) is 0 Å². The molecule has 1 amide bonds. The molecule has 0 aliphatic heterocycles. The third-order valence-electron chi connectivity index (χ3n) is 3.52. The molecule has 1 aromatic carbocycles. The minimum absolute atomic E-state index is 0. The molecule has 0 saturated carbocycles. The van der Waals surface area contributed by atoms with E-state index in [9.17, 15) is 4.79 Å². The van der Waals surface area contributed by atoms with Gasteiger partial charge in [0.05, 0.1) is 7.11 Å². The van der Waals surface area contributed by atoms with Crippen molar-refractivity contribution in [2.45, 2.75) is 26.2 Å². The van der Waals surface area contributed by atoms with Crippen LogP contribution in [0.2, 0.25) is 0 Å². The van der Waals surface area contributed by atoms with Crippen molar-refractivity contribution in [1.82, 2.24) is 10.6 Å². The summed E-state index contributed by atoms with van der Waals surface area (Å²) in [5.74, 6) is 1.41. The quantitative estimate of drug-likeness (QED) is 0.775. The smallest absolute Gasteiger partial charge is 0.224 e. The highest BCUT2D eigenvalue weighted by atomic mass is 35.5. The molecule has 5 heteroatoms. The van der Waals surface area contributed by atoms with Gasteiger partial charge < -0.3 is 15.4 Å². The molecule has 0 aromatic heterocycles. The molecule has 1 rings (SSSR count). The lowest BCUT2D eigenvalue weighted by molar-refractivity contribution is -0.124. The van der Waals surface area contributed by atoms with Crippen molar-refractivity contribution < 1.29 is 9.53 Å². The molecule has 4 nitrogen and oxygen atoms in total. The van der Waals surface area contributed by atoms with E-state index in [1.807, 2.05) is 26.1 Å². The summed E-state index contributed by atoms with van der Waals surface area (Å²) in [6.07, 6.45) is 0.935. The van der Waals surface area contributed by atoms with E-state index in [-0.39, 0.29) is 24.2 Å². The van der Waals surface area contributed by atoms with Crippen molar-refractivity contribution in [1.29, 1.82) is 0 Å². The van der Waals surface area contributed by atoms with Crippen LogP contribution in [-0.4, -0.2) is 33.2 Å². The Bertz CT molecular complexity index is 409. The fourth-order valence-electron chi connectivity index (χ4n) is 2.08. The Morgan fingerprint density at radius 1 is 1.24 bits per heavy atom. The third-order valence-corrected chi connectivity index (χ3v) is 3.52. The number of amides is 1. The molecule has 0 radical (unpaired) electrons. The monoisotopic (exact) mass is 314 g/mol. The van der Waals surface area contributed by atoms with E-state index in [1.165, 1.54) is 5.56 Å². The van der Waals surface area contributed by atoms with Gasteiger partial charge in [0.1, 0.15) is 5.75 Å². The van der Waals surface area contributed by atoms with Gasteiger partial charge in [-0.2, -0.15) is 0 Å². The number of benzene rings is 1. The molecule has 0 spiro atoms. The molecule has 2 unspecified atom stereocenters. The number of methoxy groups -OCH3 is 1. The number of carbonyl (C=O) groups excluding carboxylic acids is 1. The molecular weight excluding hydrogens is 288 g/mol. The third kappa shape index (κ3) is 6.82. The van der Waals surface area contributed by atoms with Crippen molar-refractivity contribution in [3.05, 3.63) is 29.8 Å². The van der Waals surface area contributed by atoms with Gasteiger partial charge >= 0.3 is 0 Å². The number of hydrogen-bond acceptors (Lipinski definition) is 3. The van der Waals surface area contributed by atoms with Gasteiger partial charge in [-0.3, -0.25) is 4.79 Å². The van der Waals surface area contributed by atoms with Gasteiger partial charge in [0.15, 0.2) is 0 Å². The van der Waals surface area contributed by atoms with Gasteiger partial charge in [-0.25, -0.2) is 0 Å². The summed E-state index contributed by atoms with van der Waals surface area (Å²) in [6, 6.07) is 8.10. The first-order chi connectivity index (χ1) is 9.58. The Morgan fingerprint density at radius 2 is 1.86 bits per heavy atom. The number of rotatable bonds is 8. The van der Waals surface area contributed by atoms with Crippen molar-refractivity contribution in [2.75, 3.05) is 27.2 Å². The van der Waals surface area contributed by atoms with Crippen LogP contribution in [0.15, 0.2) is 24.3 Å². The summed E-state index contributed by atoms with van der Waals surface area (Å²) in [5.41, 5.74) is 1.27. The Morgan fingerprint density at radius 3 is 2.38 bits per heavy atom. The van der Waals surface area contributed by atoms with E-state index in [1.54, 1.807) is 7.11 Å². The molecule has 0 fully saturated rings. The van der Waals surface area contributed by atoms with Crippen LogP contribution in [0.1, 0.15) is 31.7 Å². The van der Waals surface area contributed by atoms with E-state index in [2.05, 4.69) is 29.7 Å². The molecule has 2 atom stereocenters. The van der Waals surface area contributed by atoms with Crippen LogP contribution in [0.4, 0.5) is 0 Å². The molecule has 21 heavy (non-hydrogen) atoms. The van der Waals surface area contributed by atoms with Gasteiger partial charge in [0, 0.05) is 19.0 Å². The SMILES string of the molecule is CNCC(C)C(=O)NCCC(C)c1ccc(OC)cc1.Cl.